The van der Waals surface area contributed by atoms with Gasteiger partial charge in [-0.25, -0.2) is 4.39 Å². The van der Waals surface area contributed by atoms with Crippen LogP contribution in [0.4, 0.5) is 4.39 Å². The average molecular weight is 376 g/mol. The first-order valence-corrected chi connectivity index (χ1v) is 9.56. The van der Waals surface area contributed by atoms with Gasteiger partial charge in [0, 0.05) is 31.1 Å². The molecule has 0 unspecified atom stereocenters. The van der Waals surface area contributed by atoms with E-state index in [2.05, 4.69) is 11.5 Å². The van der Waals surface area contributed by atoms with Gasteiger partial charge in [-0.05, 0) is 47.9 Å². The normalized spacial score (nSPS) is 11.1. The summed E-state index contributed by atoms with van der Waals surface area (Å²) in [5, 5.41) is 0. The monoisotopic (exact) mass is 376 g/mol. The van der Waals surface area contributed by atoms with Gasteiger partial charge in [-0.1, -0.05) is 49.4 Å². The second-order valence-electron chi connectivity index (χ2n) is 6.76. The second-order valence-corrected chi connectivity index (χ2v) is 6.76. The maximum atomic E-state index is 13.5. The lowest BCUT2D eigenvalue weighted by Crippen LogP contribution is -2.30. The van der Waals surface area contributed by atoms with E-state index < -0.39 is 0 Å². The molecular formula is C24H25FN2O. The number of hydrogen-bond acceptors (Lipinski definition) is 1. The minimum atomic E-state index is -0.236. The summed E-state index contributed by atoms with van der Waals surface area (Å²) in [5.41, 5.74) is 2.93. The Bertz CT molecular complexity index is 931. The van der Waals surface area contributed by atoms with Gasteiger partial charge in [0.25, 0.3) is 0 Å². The van der Waals surface area contributed by atoms with Crippen molar-refractivity contribution in [3.8, 4) is 0 Å². The van der Waals surface area contributed by atoms with E-state index in [9.17, 15) is 9.18 Å². The molecule has 0 spiro atoms. The van der Waals surface area contributed by atoms with Crippen molar-refractivity contribution in [1.82, 2.24) is 9.47 Å². The van der Waals surface area contributed by atoms with E-state index >= 15 is 0 Å². The number of hydrogen-bond donors (Lipinski definition) is 0. The Hall–Kier alpha value is -3.14. The highest BCUT2D eigenvalue weighted by Gasteiger charge is 2.13. The van der Waals surface area contributed by atoms with Gasteiger partial charge in [0.05, 0.1) is 6.54 Å². The summed E-state index contributed by atoms with van der Waals surface area (Å²) in [4.78, 5) is 14.6. The Morgan fingerprint density at radius 2 is 1.89 bits per heavy atom. The van der Waals surface area contributed by atoms with Crippen LogP contribution in [0, 0.1) is 5.82 Å². The Labute approximate surface area is 165 Å². The van der Waals surface area contributed by atoms with Gasteiger partial charge in [-0.3, -0.25) is 4.79 Å². The molecule has 1 aromatic heterocycles. The van der Waals surface area contributed by atoms with E-state index in [-0.39, 0.29) is 11.7 Å². The van der Waals surface area contributed by atoms with Crippen LogP contribution in [0.1, 0.15) is 30.2 Å². The van der Waals surface area contributed by atoms with Crippen LogP contribution in [0.5, 0.6) is 0 Å². The Morgan fingerprint density at radius 1 is 1.07 bits per heavy atom. The molecular weight excluding hydrogens is 351 g/mol. The number of halogens is 1. The number of rotatable bonds is 8. The molecule has 0 aliphatic carbocycles. The number of carbonyl (C=O) groups is 1. The van der Waals surface area contributed by atoms with Crippen molar-refractivity contribution in [2.45, 2.75) is 26.4 Å². The molecule has 0 bridgehead atoms. The maximum absolute atomic E-state index is 13.5. The molecule has 3 nitrogen and oxygen atoms in total. The van der Waals surface area contributed by atoms with Crippen LogP contribution in [-0.4, -0.2) is 21.9 Å². The number of carbonyl (C=O) groups excluding carboxylic acids is 1. The molecule has 1 amide bonds. The lowest BCUT2D eigenvalue weighted by atomic mass is 10.2. The Kier molecular flexibility index (Phi) is 6.79. The van der Waals surface area contributed by atoms with Gasteiger partial charge in [0.1, 0.15) is 5.82 Å². The van der Waals surface area contributed by atoms with Gasteiger partial charge in [-0.15, -0.1) is 0 Å². The molecule has 144 valence electrons. The lowest BCUT2D eigenvalue weighted by molar-refractivity contribution is -0.126. The summed E-state index contributed by atoms with van der Waals surface area (Å²) < 4.78 is 15.5. The van der Waals surface area contributed by atoms with Crippen molar-refractivity contribution >= 4 is 12.0 Å². The van der Waals surface area contributed by atoms with Crippen molar-refractivity contribution in [2.75, 3.05) is 6.54 Å². The molecule has 0 atom stereocenters. The van der Waals surface area contributed by atoms with Crippen LogP contribution in [-0.2, 0) is 17.9 Å². The van der Waals surface area contributed by atoms with E-state index in [0.29, 0.717) is 19.6 Å². The van der Waals surface area contributed by atoms with Crippen LogP contribution in [0.3, 0.4) is 0 Å². The van der Waals surface area contributed by atoms with Gasteiger partial charge in [-0.2, -0.15) is 0 Å². The van der Waals surface area contributed by atoms with Gasteiger partial charge in [0.15, 0.2) is 0 Å². The lowest BCUT2D eigenvalue weighted by Gasteiger charge is -2.22. The molecule has 4 heteroatoms. The molecule has 0 fully saturated rings. The van der Waals surface area contributed by atoms with Crippen LogP contribution in [0.15, 0.2) is 79.0 Å². The smallest absolute Gasteiger partial charge is 0.246 e. The topological polar surface area (TPSA) is 25.2 Å². The average Bonchev–Trinajstić information content (AvgIpc) is 3.13. The standard InChI is InChI=1S/C24H25FN2O/c1-2-15-27(24(28)14-13-20-8-4-3-5-9-20)19-23-12-7-16-26(23)18-21-10-6-11-22(25)17-21/h3-14,16-17H,2,15,18-19H2,1H3. The highest BCUT2D eigenvalue weighted by molar-refractivity contribution is 5.91. The predicted molar refractivity (Wildman–Crippen MR) is 111 cm³/mol. The van der Waals surface area contributed by atoms with Crippen molar-refractivity contribution in [3.05, 3.63) is 102 Å². The van der Waals surface area contributed by atoms with Crippen LogP contribution in [0.2, 0.25) is 0 Å². The van der Waals surface area contributed by atoms with Gasteiger partial charge < -0.3 is 9.47 Å². The Morgan fingerprint density at radius 3 is 2.64 bits per heavy atom. The first-order chi connectivity index (χ1) is 13.7. The predicted octanol–water partition coefficient (Wildman–Crippen LogP) is 5.13. The van der Waals surface area contributed by atoms with E-state index in [0.717, 1.165) is 23.2 Å². The molecule has 0 saturated carbocycles. The zero-order valence-corrected chi connectivity index (χ0v) is 16.1. The first kappa shape index (κ1) is 19.6. The Balaban J connectivity index is 1.71. The molecule has 1 heterocycles. The molecule has 0 N–H and O–H groups in total. The molecule has 0 radical (unpaired) electrons. The second kappa shape index (κ2) is 9.70. The summed E-state index contributed by atoms with van der Waals surface area (Å²) in [7, 11) is 0. The van der Waals surface area contributed by atoms with E-state index in [1.54, 1.807) is 18.2 Å². The van der Waals surface area contributed by atoms with Crippen molar-refractivity contribution < 1.29 is 9.18 Å². The number of aromatic nitrogens is 1. The fraction of sp³-hybridized carbons (Fsp3) is 0.208. The summed E-state index contributed by atoms with van der Waals surface area (Å²) in [6, 6.07) is 20.4. The van der Waals surface area contributed by atoms with Gasteiger partial charge in [0.2, 0.25) is 5.91 Å². The van der Waals surface area contributed by atoms with E-state index in [1.165, 1.54) is 6.07 Å². The third-order valence-corrected chi connectivity index (χ3v) is 4.54. The van der Waals surface area contributed by atoms with Crippen molar-refractivity contribution in [3.63, 3.8) is 0 Å². The van der Waals surface area contributed by atoms with Crippen molar-refractivity contribution in [1.29, 1.82) is 0 Å². The van der Waals surface area contributed by atoms with Gasteiger partial charge >= 0.3 is 0 Å². The number of nitrogens with zero attached hydrogens (tertiary/aromatic N) is 2. The maximum Gasteiger partial charge on any atom is 0.246 e. The number of benzene rings is 2. The summed E-state index contributed by atoms with van der Waals surface area (Å²) in [6.45, 7) is 3.85. The summed E-state index contributed by atoms with van der Waals surface area (Å²) >= 11 is 0. The highest BCUT2D eigenvalue weighted by atomic mass is 19.1. The van der Waals surface area contributed by atoms with E-state index in [4.69, 9.17) is 0 Å². The SMILES string of the molecule is CCCN(Cc1cccn1Cc1cccc(F)c1)C(=O)C=Cc1ccccc1. The first-order valence-electron chi connectivity index (χ1n) is 9.56. The summed E-state index contributed by atoms with van der Waals surface area (Å²) in [5.74, 6) is -0.246. The third-order valence-electron chi connectivity index (χ3n) is 4.54. The fourth-order valence-corrected chi connectivity index (χ4v) is 3.15. The molecule has 0 saturated heterocycles. The number of amides is 1. The zero-order valence-electron chi connectivity index (χ0n) is 16.1. The molecule has 2 aromatic carbocycles. The largest absolute Gasteiger partial charge is 0.345 e. The minimum absolute atomic E-state index is 0.00999. The molecule has 3 rings (SSSR count). The summed E-state index contributed by atoms with van der Waals surface area (Å²) in [6.07, 6.45) is 6.33. The zero-order chi connectivity index (χ0) is 19.8. The molecule has 0 aliphatic rings. The van der Waals surface area contributed by atoms with Crippen LogP contribution < -0.4 is 0 Å². The third kappa shape index (κ3) is 5.43. The molecule has 3 aromatic rings. The quantitative estimate of drug-likeness (QED) is 0.501. The molecule has 28 heavy (non-hydrogen) atoms. The van der Waals surface area contributed by atoms with E-state index in [1.807, 2.05) is 65.7 Å². The molecule has 0 aliphatic heterocycles. The fourth-order valence-electron chi connectivity index (χ4n) is 3.15. The van der Waals surface area contributed by atoms with Crippen LogP contribution >= 0.6 is 0 Å². The highest BCUT2D eigenvalue weighted by Crippen LogP contribution is 2.13. The van der Waals surface area contributed by atoms with Crippen LogP contribution in [0.25, 0.3) is 6.08 Å². The minimum Gasteiger partial charge on any atom is -0.345 e. The van der Waals surface area contributed by atoms with Crippen molar-refractivity contribution in [2.24, 2.45) is 0 Å².